The van der Waals surface area contributed by atoms with Crippen molar-refractivity contribution in [1.82, 2.24) is 5.32 Å². The lowest BCUT2D eigenvalue weighted by Gasteiger charge is -2.10. The van der Waals surface area contributed by atoms with Crippen molar-refractivity contribution in [2.45, 2.75) is 18.7 Å². The van der Waals surface area contributed by atoms with Crippen LogP contribution in [0, 0.1) is 13.8 Å². The fourth-order valence-corrected chi connectivity index (χ4v) is 3.88. The zero-order valence-electron chi connectivity index (χ0n) is 19.0. The molecule has 8 heteroatoms. The van der Waals surface area contributed by atoms with Gasteiger partial charge in [-0.1, -0.05) is 42.5 Å². The Kier molecular flexibility index (Phi) is 9.50. The fraction of sp³-hybridized carbons (Fsp3) is 0.160. The van der Waals surface area contributed by atoms with Crippen LogP contribution in [-0.2, 0) is 0 Å². The van der Waals surface area contributed by atoms with E-state index in [0.29, 0.717) is 22.6 Å². The Labute approximate surface area is 197 Å². The number of primary amides is 1. The van der Waals surface area contributed by atoms with Crippen molar-refractivity contribution < 1.29 is 19.1 Å². The van der Waals surface area contributed by atoms with Gasteiger partial charge in [-0.05, 0) is 55.5 Å². The molecule has 3 amide bonds. The highest BCUT2D eigenvalue weighted by atomic mass is 32.2. The highest BCUT2D eigenvalue weighted by molar-refractivity contribution is 7.98. The van der Waals surface area contributed by atoms with Gasteiger partial charge in [-0.3, -0.25) is 4.79 Å². The Morgan fingerprint density at radius 2 is 1.48 bits per heavy atom. The normalized spacial score (nSPS) is 9.82. The number of urea groups is 1. The number of hydrogen-bond donors (Lipinski definition) is 3. The van der Waals surface area contributed by atoms with Crippen LogP contribution < -0.4 is 21.1 Å². The third kappa shape index (κ3) is 7.40. The number of nitrogens with two attached hydrogens (primary N) is 1. The lowest BCUT2D eigenvalue weighted by atomic mass is 10.0. The van der Waals surface area contributed by atoms with Crippen LogP contribution in [0.1, 0.15) is 27.0 Å². The quantitative estimate of drug-likeness (QED) is 0.356. The first-order valence-corrected chi connectivity index (χ1v) is 11.3. The molecule has 4 N–H and O–H groups in total. The first-order valence-electron chi connectivity index (χ1n) is 10.1. The number of benzene rings is 3. The van der Waals surface area contributed by atoms with Gasteiger partial charge in [0, 0.05) is 23.1 Å². The van der Waals surface area contributed by atoms with Crippen molar-refractivity contribution >= 4 is 35.4 Å². The van der Waals surface area contributed by atoms with E-state index in [1.807, 2.05) is 38.3 Å². The number of aryl methyl sites for hydroxylation is 2. The molecule has 0 bridgehead atoms. The van der Waals surface area contributed by atoms with Crippen LogP contribution in [0.25, 0.3) is 0 Å². The highest BCUT2D eigenvalue weighted by Crippen LogP contribution is 2.28. The van der Waals surface area contributed by atoms with Crippen LogP contribution >= 0.6 is 11.8 Å². The second kappa shape index (κ2) is 12.3. The minimum Gasteiger partial charge on any atom is -0.410 e. The van der Waals surface area contributed by atoms with Crippen molar-refractivity contribution in [2.24, 2.45) is 5.73 Å². The van der Waals surface area contributed by atoms with Crippen molar-refractivity contribution in [1.29, 1.82) is 0 Å². The summed E-state index contributed by atoms with van der Waals surface area (Å²) in [7, 11) is 1.54. The Bertz CT molecular complexity index is 1110. The van der Waals surface area contributed by atoms with E-state index in [1.54, 1.807) is 60.3 Å². The summed E-state index contributed by atoms with van der Waals surface area (Å²) in [5.74, 6) is 0.433. The topological polar surface area (TPSA) is 111 Å². The van der Waals surface area contributed by atoms with Crippen LogP contribution in [0.5, 0.6) is 5.75 Å². The van der Waals surface area contributed by atoms with E-state index < -0.39 is 12.1 Å². The average Bonchev–Trinajstić information content (AvgIpc) is 2.79. The van der Waals surface area contributed by atoms with Crippen LogP contribution in [-0.4, -0.2) is 31.2 Å². The van der Waals surface area contributed by atoms with Crippen molar-refractivity contribution in [3.8, 4) is 5.75 Å². The van der Waals surface area contributed by atoms with Gasteiger partial charge in [0.1, 0.15) is 5.75 Å². The van der Waals surface area contributed by atoms with E-state index in [1.165, 1.54) is 11.9 Å². The van der Waals surface area contributed by atoms with E-state index in [2.05, 4.69) is 10.6 Å². The fourth-order valence-electron chi connectivity index (χ4n) is 3.12. The predicted octanol–water partition coefficient (Wildman–Crippen LogP) is 5.15. The summed E-state index contributed by atoms with van der Waals surface area (Å²) < 4.78 is 5.07. The Morgan fingerprint density at radius 3 is 2.03 bits per heavy atom. The maximum absolute atomic E-state index is 12.3. The van der Waals surface area contributed by atoms with Crippen molar-refractivity contribution in [3.05, 3.63) is 89.0 Å². The largest absolute Gasteiger partial charge is 0.412 e. The molecular formula is C25H27N3O4S. The van der Waals surface area contributed by atoms with Crippen molar-refractivity contribution in [2.75, 3.05) is 18.6 Å². The van der Waals surface area contributed by atoms with Gasteiger partial charge in [0.15, 0.2) is 5.78 Å². The Balaban J connectivity index is 0.000000238. The number of anilines is 1. The van der Waals surface area contributed by atoms with E-state index >= 15 is 0 Å². The molecular weight excluding hydrogens is 438 g/mol. The molecule has 0 unspecified atom stereocenters. The van der Waals surface area contributed by atoms with E-state index in [9.17, 15) is 14.4 Å². The monoisotopic (exact) mass is 465 g/mol. The average molecular weight is 466 g/mol. The molecule has 3 aromatic carbocycles. The smallest absolute Gasteiger partial charge is 0.410 e. The first-order chi connectivity index (χ1) is 15.8. The number of para-hydroxylation sites is 1. The number of nitrogens with one attached hydrogen (secondary N) is 2. The van der Waals surface area contributed by atoms with Gasteiger partial charge in [0.05, 0.1) is 5.69 Å². The summed E-state index contributed by atoms with van der Waals surface area (Å²) in [6, 6.07) is 18.7. The van der Waals surface area contributed by atoms with Crippen LogP contribution in [0.15, 0.2) is 71.6 Å². The zero-order valence-corrected chi connectivity index (χ0v) is 19.8. The highest BCUT2D eigenvalue weighted by Gasteiger charge is 2.13. The molecule has 0 aliphatic rings. The van der Waals surface area contributed by atoms with Crippen LogP contribution in [0.4, 0.5) is 15.3 Å². The molecule has 0 atom stereocenters. The second-order valence-electron chi connectivity index (χ2n) is 6.96. The number of hydrogen-bond acceptors (Lipinski definition) is 5. The van der Waals surface area contributed by atoms with E-state index in [4.69, 9.17) is 10.5 Å². The summed E-state index contributed by atoms with van der Waals surface area (Å²) in [6.45, 7) is 4.02. The number of ether oxygens (including phenoxy) is 1. The number of ketones is 1. The van der Waals surface area contributed by atoms with Crippen molar-refractivity contribution in [3.63, 3.8) is 0 Å². The number of amides is 3. The molecule has 7 nitrogen and oxygen atoms in total. The van der Waals surface area contributed by atoms with Gasteiger partial charge in [-0.2, -0.15) is 0 Å². The molecule has 33 heavy (non-hydrogen) atoms. The third-order valence-electron chi connectivity index (χ3n) is 4.52. The number of carbonyl (C=O) groups is 3. The maximum atomic E-state index is 12.3. The van der Waals surface area contributed by atoms with Gasteiger partial charge in [-0.15, -0.1) is 11.8 Å². The molecule has 0 fully saturated rings. The molecule has 0 spiro atoms. The van der Waals surface area contributed by atoms with Crippen LogP contribution in [0.3, 0.4) is 0 Å². The summed E-state index contributed by atoms with van der Waals surface area (Å²) in [5, 5.41) is 4.86. The SMILES string of the molecule is CNC(=O)Oc1cc(C)c(SC)c(C)c1.NC(=O)Nc1ccccc1C(=O)c1ccccc1. The maximum Gasteiger partial charge on any atom is 0.412 e. The van der Waals surface area contributed by atoms with Crippen LogP contribution in [0.2, 0.25) is 0 Å². The molecule has 0 saturated heterocycles. The Morgan fingerprint density at radius 1 is 0.909 bits per heavy atom. The minimum atomic E-state index is -0.691. The molecule has 0 aromatic heterocycles. The number of carbonyl (C=O) groups excluding carboxylic acids is 3. The summed E-state index contributed by atoms with van der Waals surface area (Å²) in [5.41, 5.74) is 8.72. The standard InChI is InChI=1S/C14H12N2O2.C11H15NO2S/c15-14(18)16-12-9-5-4-8-11(12)13(17)10-6-2-1-3-7-10;1-7-5-9(14-11(13)12-3)6-8(2)10(7)15-4/h1-9H,(H3,15,16,18);5-6H,1-4H3,(H,12,13). The first kappa shape index (κ1) is 25.5. The van der Waals surface area contributed by atoms with Gasteiger partial charge >= 0.3 is 12.1 Å². The molecule has 172 valence electrons. The molecule has 3 aromatic rings. The molecule has 0 aliphatic heterocycles. The summed E-state index contributed by atoms with van der Waals surface area (Å²) >= 11 is 1.70. The second-order valence-corrected chi connectivity index (χ2v) is 7.78. The third-order valence-corrected chi connectivity index (χ3v) is 5.57. The Hall–Kier alpha value is -3.78. The zero-order chi connectivity index (χ0) is 24.4. The van der Waals surface area contributed by atoms with E-state index in [-0.39, 0.29) is 5.78 Å². The van der Waals surface area contributed by atoms with Gasteiger partial charge in [-0.25, -0.2) is 9.59 Å². The molecule has 0 radical (unpaired) electrons. The molecule has 0 aliphatic carbocycles. The lowest BCUT2D eigenvalue weighted by molar-refractivity contribution is 0.103. The predicted molar refractivity (Wildman–Crippen MR) is 132 cm³/mol. The minimum absolute atomic E-state index is 0.153. The molecule has 0 heterocycles. The summed E-state index contributed by atoms with van der Waals surface area (Å²) in [6.07, 6.45) is 1.60. The lowest BCUT2D eigenvalue weighted by Crippen LogP contribution is -2.22. The van der Waals surface area contributed by atoms with Gasteiger partial charge in [0.2, 0.25) is 0 Å². The summed E-state index contributed by atoms with van der Waals surface area (Å²) in [4.78, 5) is 35.4. The number of thioether (sulfide) groups is 1. The molecule has 0 saturated carbocycles. The molecule has 3 rings (SSSR count). The van der Waals surface area contributed by atoms with Gasteiger partial charge in [0.25, 0.3) is 0 Å². The van der Waals surface area contributed by atoms with E-state index in [0.717, 1.165) is 11.1 Å². The van der Waals surface area contributed by atoms with Gasteiger partial charge < -0.3 is 21.1 Å². The number of rotatable bonds is 5.